The van der Waals surface area contributed by atoms with Gasteiger partial charge in [0.2, 0.25) is 0 Å². The van der Waals surface area contributed by atoms with Gasteiger partial charge >= 0.3 is 0 Å². The fourth-order valence-corrected chi connectivity index (χ4v) is 10.2. The van der Waals surface area contributed by atoms with E-state index in [1.54, 1.807) is 45.5 Å². The summed E-state index contributed by atoms with van der Waals surface area (Å²) in [4.78, 5) is 18.7. The zero-order valence-electron chi connectivity index (χ0n) is 31.4. The topological polar surface area (TPSA) is 134 Å². The Hall–Kier alpha value is -3.76. The first kappa shape index (κ1) is 41.4. The fraction of sp³-hybridized carbons (Fsp3) is 0.220. The van der Waals surface area contributed by atoms with Crippen LogP contribution in [0.1, 0.15) is 41.9 Å². The lowest BCUT2D eigenvalue weighted by Crippen LogP contribution is -2.10. The van der Waals surface area contributed by atoms with Crippen molar-refractivity contribution in [1.82, 2.24) is 24.5 Å². The largest absolute Gasteiger partial charge is 0.364 e. The van der Waals surface area contributed by atoms with Crippen LogP contribution < -0.4 is 0 Å². The highest BCUT2D eigenvalue weighted by atomic mass is 79.9. The maximum Gasteiger partial charge on any atom is 0.180 e. The number of fused-ring (bicyclic) bond motifs is 4. The van der Waals surface area contributed by atoms with Crippen LogP contribution in [0, 0.1) is 13.8 Å². The van der Waals surface area contributed by atoms with Gasteiger partial charge in [0.05, 0.1) is 65.0 Å². The molecule has 294 valence electrons. The number of aryl methyl sites for hydroxylation is 2. The van der Waals surface area contributed by atoms with E-state index in [9.17, 15) is 16.8 Å². The molecule has 0 aliphatic heterocycles. The van der Waals surface area contributed by atoms with Gasteiger partial charge in [-0.3, -0.25) is 9.97 Å². The molecule has 0 unspecified atom stereocenters. The highest BCUT2D eigenvalue weighted by molar-refractivity contribution is 9.10. The number of hydrogen-bond acceptors (Lipinski definition) is 9. The van der Waals surface area contributed by atoms with Crippen LogP contribution in [0.3, 0.4) is 0 Å². The van der Waals surface area contributed by atoms with Crippen molar-refractivity contribution >= 4 is 118 Å². The molecule has 1 aliphatic carbocycles. The number of hydrogen-bond donors (Lipinski definition) is 0. The number of aromatic nitrogens is 5. The number of pyridine rings is 4. The Kier molecular flexibility index (Phi) is 11.7. The van der Waals surface area contributed by atoms with E-state index in [4.69, 9.17) is 37.9 Å². The average molecular weight is 973 g/mol. The van der Waals surface area contributed by atoms with E-state index < -0.39 is 19.7 Å². The summed E-state index contributed by atoms with van der Waals surface area (Å²) in [7, 11) is -5.48. The molecule has 0 radical (unpaired) electrons. The summed E-state index contributed by atoms with van der Waals surface area (Å²) in [6.07, 6.45) is 4.00. The minimum absolute atomic E-state index is 0.00107. The SMILES string of the molecule is CCS(=O)(=O)c1cc2ccc(Br)cc2nc1-c1c(Cl)c2ncc(C)cc2n1COC.CCS(=O)(=O)c1cc2ccc(Br)cc2nc1C1=C(Cl)c2ncc(C)cc2C1. The van der Waals surface area contributed by atoms with Crippen molar-refractivity contribution < 1.29 is 21.6 Å². The molecule has 57 heavy (non-hydrogen) atoms. The second kappa shape index (κ2) is 16.1. The number of rotatable bonds is 8. The van der Waals surface area contributed by atoms with Crippen LogP contribution in [-0.4, -0.2) is 60.0 Å². The van der Waals surface area contributed by atoms with Crippen molar-refractivity contribution in [2.45, 2.75) is 50.6 Å². The molecule has 0 amide bonds. The van der Waals surface area contributed by atoms with Crippen molar-refractivity contribution in [3.63, 3.8) is 0 Å². The normalized spacial score (nSPS) is 13.1. The third kappa shape index (κ3) is 7.89. The van der Waals surface area contributed by atoms with Gasteiger partial charge in [0.1, 0.15) is 17.9 Å². The summed E-state index contributed by atoms with van der Waals surface area (Å²) in [6, 6.07) is 18.5. The number of methoxy groups -OCH3 is 1. The molecule has 0 saturated carbocycles. The third-order valence-corrected chi connectivity index (χ3v) is 14.8. The van der Waals surface area contributed by atoms with Gasteiger partial charge < -0.3 is 9.30 Å². The Bertz CT molecular complexity index is 3050. The van der Waals surface area contributed by atoms with Crippen molar-refractivity contribution in [2.24, 2.45) is 0 Å². The van der Waals surface area contributed by atoms with Crippen LogP contribution in [0.5, 0.6) is 0 Å². The van der Waals surface area contributed by atoms with E-state index in [1.807, 2.05) is 66.9 Å². The number of sulfone groups is 2. The molecule has 5 heterocycles. The molecule has 0 atom stereocenters. The highest BCUT2D eigenvalue weighted by Crippen LogP contribution is 2.43. The molecule has 5 aromatic heterocycles. The Balaban J connectivity index is 0.000000175. The van der Waals surface area contributed by atoms with Gasteiger partial charge in [0, 0.05) is 51.2 Å². The van der Waals surface area contributed by atoms with Gasteiger partial charge in [0.15, 0.2) is 19.7 Å². The lowest BCUT2D eigenvalue weighted by molar-refractivity contribution is 0.136. The first-order chi connectivity index (χ1) is 27.1. The standard InChI is InChI=1S/C21H19BrClN3O3S.C20H16BrClN2O2S/c1-4-30(27,28)17-8-13-5-6-14(22)9-15(13)25-20(17)21-18(23)19-16(26(21)11-29-3)7-12(2)10-24-19;1-3-27(25,26)17-8-12-4-5-14(21)9-16(12)24-20(17)15-7-13-6-11(2)10-23-19(13)18(15)22/h5-10H,4,11H2,1-3H3;4-6,8-10H,3,7H2,1-2H3. The van der Waals surface area contributed by atoms with Crippen molar-refractivity contribution in [2.75, 3.05) is 18.6 Å². The molecule has 8 rings (SSSR count). The minimum Gasteiger partial charge on any atom is -0.364 e. The van der Waals surface area contributed by atoms with Crippen molar-refractivity contribution in [3.8, 4) is 11.4 Å². The summed E-state index contributed by atoms with van der Waals surface area (Å²) in [5.74, 6) is -0.0535. The molecule has 7 aromatic rings. The molecule has 0 saturated heterocycles. The maximum atomic E-state index is 13.0. The van der Waals surface area contributed by atoms with Crippen LogP contribution in [0.2, 0.25) is 5.02 Å². The molecule has 16 heteroatoms. The van der Waals surface area contributed by atoms with E-state index in [1.165, 1.54) is 0 Å². The van der Waals surface area contributed by atoms with E-state index in [2.05, 4.69) is 41.8 Å². The Labute approximate surface area is 357 Å². The number of halogens is 4. The molecular weight excluding hydrogens is 937 g/mol. The van der Waals surface area contributed by atoms with Crippen LogP contribution in [0.4, 0.5) is 0 Å². The summed E-state index contributed by atoms with van der Waals surface area (Å²) >= 11 is 20.3. The summed E-state index contributed by atoms with van der Waals surface area (Å²) in [6.45, 7) is 7.33. The number of nitrogens with zero attached hydrogens (tertiary/aromatic N) is 5. The molecule has 10 nitrogen and oxygen atoms in total. The van der Waals surface area contributed by atoms with Gasteiger partial charge in [-0.25, -0.2) is 26.8 Å². The fourth-order valence-electron chi connectivity index (χ4n) is 6.75. The molecule has 0 fully saturated rings. The second-order valence-corrected chi connectivity index (χ2v) is 20.6. The molecule has 1 aliphatic rings. The van der Waals surface area contributed by atoms with E-state index in [0.29, 0.717) is 61.4 Å². The van der Waals surface area contributed by atoms with Gasteiger partial charge in [-0.15, -0.1) is 0 Å². The summed E-state index contributed by atoms with van der Waals surface area (Å²) < 4.78 is 60.5. The highest BCUT2D eigenvalue weighted by Gasteiger charge is 2.30. The predicted octanol–water partition coefficient (Wildman–Crippen LogP) is 10.5. The molecule has 2 aromatic carbocycles. The molecule has 0 spiro atoms. The van der Waals surface area contributed by atoms with Gasteiger partial charge in [-0.1, -0.05) is 87.1 Å². The van der Waals surface area contributed by atoms with E-state index in [-0.39, 0.29) is 28.0 Å². The summed E-state index contributed by atoms with van der Waals surface area (Å²) in [5.41, 5.74) is 8.28. The monoisotopic (exact) mass is 969 g/mol. The molecular formula is C41H35Br2Cl2N5O5S2. The van der Waals surface area contributed by atoms with Crippen molar-refractivity contribution in [3.05, 3.63) is 115 Å². The summed E-state index contributed by atoms with van der Waals surface area (Å²) in [5, 5.41) is 2.32. The quantitative estimate of drug-likeness (QED) is 0.146. The Morgan fingerprint density at radius 3 is 1.86 bits per heavy atom. The average Bonchev–Trinajstić information content (AvgIpc) is 3.65. The lowest BCUT2D eigenvalue weighted by Gasteiger charge is -2.14. The van der Waals surface area contributed by atoms with Gasteiger partial charge in [-0.05, 0) is 73.0 Å². The van der Waals surface area contributed by atoms with Crippen LogP contribution in [0.15, 0.2) is 91.8 Å². The number of ether oxygens (including phenoxy) is 1. The second-order valence-electron chi connectivity index (χ2n) is 13.5. The van der Waals surface area contributed by atoms with Crippen LogP contribution in [-0.2, 0) is 37.6 Å². The van der Waals surface area contributed by atoms with E-state index in [0.717, 1.165) is 41.9 Å². The van der Waals surface area contributed by atoms with Gasteiger partial charge in [-0.2, -0.15) is 0 Å². The Morgan fingerprint density at radius 1 is 0.737 bits per heavy atom. The first-order valence-corrected chi connectivity index (χ1v) is 23.4. The maximum absolute atomic E-state index is 13.0. The smallest absolute Gasteiger partial charge is 0.180 e. The van der Waals surface area contributed by atoms with Gasteiger partial charge in [0.25, 0.3) is 0 Å². The van der Waals surface area contributed by atoms with E-state index >= 15 is 0 Å². The predicted molar refractivity (Wildman–Crippen MR) is 235 cm³/mol. The third-order valence-electron chi connectivity index (χ3n) is 9.61. The van der Waals surface area contributed by atoms with Crippen LogP contribution in [0.25, 0.3) is 54.8 Å². The zero-order chi connectivity index (χ0) is 41.0. The van der Waals surface area contributed by atoms with Crippen LogP contribution >= 0.6 is 55.1 Å². The Morgan fingerprint density at radius 2 is 1.28 bits per heavy atom. The lowest BCUT2D eigenvalue weighted by atomic mass is 10.1. The minimum atomic E-state index is -3.58. The number of benzene rings is 2. The van der Waals surface area contributed by atoms with Crippen molar-refractivity contribution in [1.29, 1.82) is 0 Å². The number of allylic oxidation sites excluding steroid dienone is 1. The first-order valence-electron chi connectivity index (χ1n) is 17.7. The zero-order valence-corrected chi connectivity index (χ0v) is 37.7. The molecule has 0 N–H and O–H groups in total. The molecule has 0 bridgehead atoms.